The molecule has 2 aliphatic heterocycles. The second kappa shape index (κ2) is 9.13. The lowest BCUT2D eigenvalue weighted by atomic mass is 9.74. The van der Waals surface area contributed by atoms with Crippen LogP contribution in [0.5, 0.6) is 0 Å². The van der Waals surface area contributed by atoms with Crippen LogP contribution in [0.1, 0.15) is 42.3 Å². The summed E-state index contributed by atoms with van der Waals surface area (Å²) in [5.41, 5.74) is 1.21. The first-order valence-electron chi connectivity index (χ1n) is 10.0. The van der Waals surface area contributed by atoms with Crippen molar-refractivity contribution in [1.29, 1.82) is 0 Å². The zero-order valence-electron chi connectivity index (χ0n) is 17.1. The van der Waals surface area contributed by atoms with Crippen molar-refractivity contribution in [3.05, 3.63) is 59.5 Å². The third kappa shape index (κ3) is 5.66. The van der Waals surface area contributed by atoms with Crippen LogP contribution in [0.4, 0.5) is 13.2 Å². The number of carbonyl (C=O) groups excluding carboxylic acids is 1. The number of aliphatic carboxylic acids is 1. The molecule has 9 heteroatoms. The van der Waals surface area contributed by atoms with Crippen molar-refractivity contribution in [2.75, 3.05) is 13.1 Å². The number of nitrogens with one attached hydrogen (secondary N) is 1. The van der Waals surface area contributed by atoms with Gasteiger partial charge in [-0.15, -0.1) is 0 Å². The van der Waals surface area contributed by atoms with Gasteiger partial charge in [-0.2, -0.15) is 13.2 Å². The number of nitrogens with zero attached hydrogens (tertiary/aromatic N) is 1. The fourth-order valence-electron chi connectivity index (χ4n) is 4.29. The number of amides is 1. The van der Waals surface area contributed by atoms with Gasteiger partial charge in [0.15, 0.2) is 0 Å². The van der Waals surface area contributed by atoms with E-state index in [2.05, 4.69) is 40.5 Å². The van der Waals surface area contributed by atoms with Crippen molar-refractivity contribution < 1.29 is 32.3 Å². The largest absolute Gasteiger partial charge is 0.490 e. The van der Waals surface area contributed by atoms with Gasteiger partial charge in [0.2, 0.25) is 5.91 Å². The van der Waals surface area contributed by atoms with Gasteiger partial charge < -0.3 is 14.8 Å². The van der Waals surface area contributed by atoms with Crippen molar-refractivity contribution >= 4 is 11.9 Å². The predicted octanol–water partition coefficient (Wildman–Crippen LogP) is 3.86. The van der Waals surface area contributed by atoms with Crippen LogP contribution in [-0.4, -0.2) is 46.7 Å². The maximum Gasteiger partial charge on any atom is 0.490 e. The quantitative estimate of drug-likeness (QED) is 0.761. The third-order valence-corrected chi connectivity index (χ3v) is 5.81. The Morgan fingerprint density at radius 1 is 1.19 bits per heavy atom. The minimum absolute atomic E-state index is 0.0754. The van der Waals surface area contributed by atoms with E-state index in [0.717, 1.165) is 44.0 Å². The molecule has 0 aliphatic carbocycles. The van der Waals surface area contributed by atoms with E-state index in [4.69, 9.17) is 14.3 Å². The molecule has 1 spiro atoms. The van der Waals surface area contributed by atoms with E-state index in [9.17, 15) is 18.0 Å². The van der Waals surface area contributed by atoms with Gasteiger partial charge in [0.1, 0.15) is 11.5 Å². The number of hydrogen-bond donors (Lipinski definition) is 2. The maximum atomic E-state index is 12.1. The summed E-state index contributed by atoms with van der Waals surface area (Å²) in [6, 6.07) is 14.6. The number of benzene rings is 1. The molecule has 1 amide bonds. The van der Waals surface area contributed by atoms with Crippen LogP contribution in [0.25, 0.3) is 0 Å². The molecule has 2 aromatic rings. The highest BCUT2D eigenvalue weighted by molar-refractivity contribution is 5.81. The van der Waals surface area contributed by atoms with E-state index in [-0.39, 0.29) is 11.4 Å². The predicted molar refractivity (Wildman–Crippen MR) is 106 cm³/mol. The molecule has 1 atom stereocenters. The van der Waals surface area contributed by atoms with E-state index >= 15 is 0 Å². The molecule has 168 valence electrons. The van der Waals surface area contributed by atoms with Crippen molar-refractivity contribution in [3.63, 3.8) is 0 Å². The molecule has 4 rings (SSSR count). The summed E-state index contributed by atoms with van der Waals surface area (Å²) < 4.78 is 37.4. The number of hydrogen-bond acceptors (Lipinski definition) is 4. The van der Waals surface area contributed by atoms with Gasteiger partial charge in [-0.1, -0.05) is 30.3 Å². The number of halogens is 3. The van der Waals surface area contributed by atoms with Crippen LogP contribution in [-0.2, 0) is 16.1 Å². The molecule has 6 nitrogen and oxygen atoms in total. The number of piperidine rings is 1. The lowest BCUT2D eigenvalue weighted by Crippen LogP contribution is -2.53. The SMILES string of the molecule is Cc1ccc(CN2CCC3(CC2)NC(=O)CC3c2ccccc2)o1.O=C(O)C(F)(F)F. The summed E-state index contributed by atoms with van der Waals surface area (Å²) in [6.07, 6.45) is -2.47. The Morgan fingerprint density at radius 2 is 1.81 bits per heavy atom. The molecular weight excluding hydrogens is 413 g/mol. The number of aryl methyl sites for hydroxylation is 1. The van der Waals surface area contributed by atoms with Gasteiger partial charge in [0, 0.05) is 31.0 Å². The molecule has 0 radical (unpaired) electrons. The Balaban J connectivity index is 0.000000339. The smallest absolute Gasteiger partial charge is 0.475 e. The Labute approximate surface area is 178 Å². The molecule has 31 heavy (non-hydrogen) atoms. The number of carbonyl (C=O) groups is 2. The Hall–Kier alpha value is -2.81. The fourth-order valence-corrected chi connectivity index (χ4v) is 4.29. The molecular formula is C22H25F3N2O4. The second-order valence-electron chi connectivity index (χ2n) is 7.96. The minimum Gasteiger partial charge on any atom is -0.475 e. The zero-order valence-corrected chi connectivity index (χ0v) is 17.1. The number of carboxylic acid groups (broad SMARTS) is 1. The van der Waals surface area contributed by atoms with Crippen LogP contribution >= 0.6 is 0 Å². The monoisotopic (exact) mass is 438 g/mol. The Kier molecular flexibility index (Phi) is 6.74. The van der Waals surface area contributed by atoms with E-state index in [1.165, 1.54) is 5.56 Å². The first-order valence-corrected chi connectivity index (χ1v) is 10.0. The number of furan rings is 1. The van der Waals surface area contributed by atoms with Crippen LogP contribution in [0.2, 0.25) is 0 Å². The van der Waals surface area contributed by atoms with Gasteiger partial charge in [0.25, 0.3) is 0 Å². The lowest BCUT2D eigenvalue weighted by molar-refractivity contribution is -0.192. The molecule has 2 N–H and O–H groups in total. The first-order chi connectivity index (χ1) is 14.6. The highest BCUT2D eigenvalue weighted by atomic mass is 19.4. The first kappa shape index (κ1) is 22.9. The van der Waals surface area contributed by atoms with Crippen LogP contribution < -0.4 is 5.32 Å². The zero-order chi connectivity index (χ0) is 22.6. The van der Waals surface area contributed by atoms with E-state index in [1.807, 2.05) is 19.1 Å². The van der Waals surface area contributed by atoms with Gasteiger partial charge in [-0.25, -0.2) is 4.79 Å². The third-order valence-electron chi connectivity index (χ3n) is 5.81. The average molecular weight is 438 g/mol. The lowest BCUT2D eigenvalue weighted by Gasteiger charge is -2.42. The van der Waals surface area contributed by atoms with Gasteiger partial charge >= 0.3 is 12.1 Å². The maximum absolute atomic E-state index is 12.1. The molecule has 2 fully saturated rings. The summed E-state index contributed by atoms with van der Waals surface area (Å²) >= 11 is 0. The summed E-state index contributed by atoms with van der Waals surface area (Å²) in [4.78, 5) is 23.5. The minimum atomic E-state index is -5.08. The molecule has 1 unspecified atom stereocenters. The highest BCUT2D eigenvalue weighted by Gasteiger charge is 2.48. The summed E-state index contributed by atoms with van der Waals surface area (Å²) in [6.45, 7) is 4.81. The fraction of sp³-hybridized carbons (Fsp3) is 0.455. The highest BCUT2D eigenvalue weighted by Crippen LogP contribution is 2.43. The average Bonchev–Trinajstić information content (AvgIpc) is 3.27. The van der Waals surface area contributed by atoms with Gasteiger partial charge in [0.05, 0.1) is 6.54 Å². The normalized spacial score (nSPS) is 20.8. The van der Waals surface area contributed by atoms with Crippen LogP contribution in [0.3, 0.4) is 0 Å². The van der Waals surface area contributed by atoms with E-state index in [1.54, 1.807) is 0 Å². The molecule has 3 heterocycles. The van der Waals surface area contributed by atoms with Crippen molar-refractivity contribution in [1.82, 2.24) is 10.2 Å². The van der Waals surface area contributed by atoms with Gasteiger partial charge in [-0.3, -0.25) is 9.69 Å². The van der Waals surface area contributed by atoms with Crippen molar-refractivity contribution in [3.8, 4) is 0 Å². The summed E-state index contributed by atoms with van der Waals surface area (Å²) in [7, 11) is 0. The molecule has 2 aliphatic rings. The van der Waals surface area contributed by atoms with Gasteiger partial charge in [-0.05, 0) is 37.5 Å². The standard InChI is InChI=1S/C20H24N2O2.C2HF3O2/c1-15-7-8-17(24-15)14-22-11-9-20(10-12-22)18(13-19(23)21-20)16-5-3-2-4-6-16;3-2(4,5)1(6)7/h2-8,18H,9-14H2,1H3,(H,21,23);(H,6,7). The topological polar surface area (TPSA) is 82.8 Å². The van der Waals surface area contributed by atoms with Crippen molar-refractivity contribution in [2.45, 2.75) is 50.4 Å². The van der Waals surface area contributed by atoms with E-state index in [0.29, 0.717) is 12.3 Å². The number of rotatable bonds is 3. The Bertz CT molecular complexity index is 903. The number of likely N-dealkylation sites (tertiary alicyclic amines) is 1. The molecule has 0 saturated carbocycles. The summed E-state index contributed by atoms with van der Waals surface area (Å²) in [5.74, 6) is -0.283. The molecule has 2 saturated heterocycles. The second-order valence-corrected chi connectivity index (χ2v) is 7.96. The number of carboxylic acids is 1. The Morgan fingerprint density at radius 3 is 2.32 bits per heavy atom. The summed E-state index contributed by atoms with van der Waals surface area (Å²) in [5, 5.41) is 10.4. The molecule has 0 bridgehead atoms. The van der Waals surface area contributed by atoms with E-state index < -0.39 is 12.1 Å². The van der Waals surface area contributed by atoms with Crippen LogP contribution in [0.15, 0.2) is 46.9 Å². The molecule has 1 aromatic carbocycles. The molecule has 1 aromatic heterocycles. The van der Waals surface area contributed by atoms with Crippen molar-refractivity contribution in [2.24, 2.45) is 0 Å². The van der Waals surface area contributed by atoms with Crippen LogP contribution in [0, 0.1) is 6.92 Å². The number of alkyl halides is 3.